The van der Waals surface area contributed by atoms with Crippen LogP contribution >= 0.6 is 0 Å². The van der Waals surface area contributed by atoms with Gasteiger partial charge in [-0.25, -0.2) is 4.21 Å². The average molecular weight is 296 g/mol. The van der Waals surface area contributed by atoms with E-state index in [1.54, 1.807) is 6.07 Å². The van der Waals surface area contributed by atoms with Gasteiger partial charge in [-0.3, -0.25) is 4.72 Å². The standard InChI is InChI=1S/C13H20N4O2S/c1-3-13(15,4-2)8-19-10-7-5-6-9-11(10)12(14)17-20(18)16-9/h5-7,16H,3-4,8,15H2,1-2H3,(H2,14,17). The molecule has 5 N–H and O–H groups in total. The summed E-state index contributed by atoms with van der Waals surface area (Å²) in [6.45, 7) is 4.47. The third-order valence-electron chi connectivity index (χ3n) is 3.58. The molecule has 0 radical (unpaired) electrons. The fraction of sp³-hybridized carbons (Fsp3) is 0.462. The molecular weight excluding hydrogens is 276 g/mol. The van der Waals surface area contributed by atoms with Crippen LogP contribution in [-0.4, -0.2) is 22.2 Å². The van der Waals surface area contributed by atoms with Crippen molar-refractivity contribution >= 4 is 22.7 Å². The predicted molar refractivity (Wildman–Crippen MR) is 81.9 cm³/mol. The first-order valence-electron chi connectivity index (χ1n) is 6.57. The Kier molecular flexibility index (Phi) is 4.29. The molecule has 2 rings (SSSR count). The van der Waals surface area contributed by atoms with Crippen LogP contribution in [0.2, 0.25) is 0 Å². The van der Waals surface area contributed by atoms with Gasteiger partial charge in [-0.1, -0.05) is 19.9 Å². The van der Waals surface area contributed by atoms with Gasteiger partial charge in [-0.05, 0) is 25.0 Å². The Balaban J connectivity index is 2.26. The van der Waals surface area contributed by atoms with E-state index < -0.39 is 11.2 Å². The van der Waals surface area contributed by atoms with E-state index >= 15 is 0 Å². The van der Waals surface area contributed by atoms with Gasteiger partial charge in [0.05, 0.1) is 11.3 Å². The zero-order valence-corrected chi connectivity index (χ0v) is 12.5. The van der Waals surface area contributed by atoms with Crippen LogP contribution in [0.15, 0.2) is 22.6 Å². The lowest BCUT2D eigenvalue weighted by Crippen LogP contribution is -2.44. The van der Waals surface area contributed by atoms with E-state index in [1.807, 2.05) is 26.0 Å². The molecule has 0 spiro atoms. The van der Waals surface area contributed by atoms with Crippen LogP contribution in [0.4, 0.5) is 5.69 Å². The molecule has 0 fully saturated rings. The molecule has 7 heteroatoms. The van der Waals surface area contributed by atoms with Crippen LogP contribution in [0.25, 0.3) is 0 Å². The minimum Gasteiger partial charge on any atom is -0.491 e. The van der Waals surface area contributed by atoms with Crippen molar-refractivity contribution in [1.82, 2.24) is 0 Å². The fourth-order valence-corrected chi connectivity index (χ4v) is 2.60. The summed E-state index contributed by atoms with van der Waals surface area (Å²) in [6, 6.07) is 5.41. The van der Waals surface area contributed by atoms with E-state index in [-0.39, 0.29) is 11.4 Å². The molecular formula is C13H20N4O2S. The molecule has 1 aliphatic rings. The number of nitrogens with zero attached hydrogens (tertiary/aromatic N) is 1. The number of amidine groups is 1. The van der Waals surface area contributed by atoms with Gasteiger partial charge in [0, 0.05) is 5.54 Å². The summed E-state index contributed by atoms with van der Waals surface area (Å²) in [7, 11) is 0. The Labute approximate surface area is 121 Å². The SMILES string of the molecule is CCC(N)(CC)COc1cccc2c1C(N)=NS(=O)N2. The van der Waals surface area contributed by atoms with Crippen LogP contribution in [0, 0.1) is 0 Å². The van der Waals surface area contributed by atoms with Crippen molar-refractivity contribution in [2.24, 2.45) is 15.9 Å². The number of rotatable bonds is 5. The first kappa shape index (κ1) is 14.8. The van der Waals surface area contributed by atoms with Gasteiger partial charge < -0.3 is 16.2 Å². The van der Waals surface area contributed by atoms with Crippen LogP contribution in [-0.2, 0) is 11.2 Å². The zero-order chi connectivity index (χ0) is 14.8. The summed E-state index contributed by atoms with van der Waals surface area (Å²) in [5.41, 5.74) is 13.0. The average Bonchev–Trinajstić information content (AvgIpc) is 2.44. The number of hydrogen-bond donors (Lipinski definition) is 3. The Morgan fingerprint density at radius 1 is 1.40 bits per heavy atom. The quantitative estimate of drug-likeness (QED) is 0.761. The van der Waals surface area contributed by atoms with Crippen LogP contribution in [0.3, 0.4) is 0 Å². The molecule has 0 amide bonds. The summed E-state index contributed by atoms with van der Waals surface area (Å²) in [6.07, 6.45) is 1.65. The molecule has 0 saturated heterocycles. The van der Waals surface area contributed by atoms with Gasteiger partial charge in [0.25, 0.3) is 0 Å². The summed E-state index contributed by atoms with van der Waals surface area (Å²) in [5.74, 6) is 0.813. The van der Waals surface area contributed by atoms with Crippen LogP contribution in [0.1, 0.15) is 32.3 Å². The van der Waals surface area contributed by atoms with E-state index in [4.69, 9.17) is 16.2 Å². The van der Waals surface area contributed by atoms with Gasteiger partial charge >= 0.3 is 0 Å². The van der Waals surface area contributed by atoms with E-state index in [9.17, 15) is 4.21 Å². The van der Waals surface area contributed by atoms with Gasteiger partial charge in [-0.15, -0.1) is 0 Å². The van der Waals surface area contributed by atoms with Crippen molar-refractivity contribution in [3.8, 4) is 5.75 Å². The van der Waals surface area contributed by atoms with Crippen molar-refractivity contribution in [2.45, 2.75) is 32.2 Å². The Morgan fingerprint density at radius 2 is 2.10 bits per heavy atom. The molecule has 0 bridgehead atoms. The molecule has 1 unspecified atom stereocenters. The molecule has 1 aromatic rings. The molecule has 1 heterocycles. The number of nitrogens with two attached hydrogens (primary N) is 2. The zero-order valence-electron chi connectivity index (χ0n) is 11.7. The molecule has 1 aliphatic heterocycles. The van der Waals surface area contributed by atoms with Crippen molar-refractivity contribution in [1.29, 1.82) is 0 Å². The second kappa shape index (κ2) is 5.80. The third kappa shape index (κ3) is 2.94. The van der Waals surface area contributed by atoms with Crippen molar-refractivity contribution in [3.05, 3.63) is 23.8 Å². The summed E-state index contributed by atoms with van der Waals surface area (Å²) < 4.78 is 23.8. The highest BCUT2D eigenvalue weighted by Gasteiger charge is 2.24. The van der Waals surface area contributed by atoms with E-state index in [0.717, 1.165) is 12.8 Å². The number of fused-ring (bicyclic) bond motifs is 1. The molecule has 20 heavy (non-hydrogen) atoms. The normalized spacial score (nSPS) is 17.9. The largest absolute Gasteiger partial charge is 0.491 e. The highest BCUT2D eigenvalue weighted by atomic mass is 32.2. The Morgan fingerprint density at radius 3 is 2.75 bits per heavy atom. The van der Waals surface area contributed by atoms with Crippen molar-refractivity contribution in [2.75, 3.05) is 11.3 Å². The first-order valence-corrected chi connectivity index (χ1v) is 7.67. The van der Waals surface area contributed by atoms with Crippen molar-refractivity contribution < 1.29 is 8.95 Å². The second-order valence-electron chi connectivity index (χ2n) is 4.86. The number of nitrogens with one attached hydrogen (secondary N) is 1. The number of anilines is 1. The summed E-state index contributed by atoms with van der Waals surface area (Å²) >= 11 is -1.53. The molecule has 0 saturated carbocycles. The lowest BCUT2D eigenvalue weighted by Gasteiger charge is -2.27. The van der Waals surface area contributed by atoms with E-state index in [1.165, 1.54) is 0 Å². The molecule has 110 valence electrons. The summed E-state index contributed by atoms with van der Waals surface area (Å²) in [5, 5.41) is 0. The maximum absolute atomic E-state index is 11.4. The predicted octanol–water partition coefficient (Wildman–Crippen LogP) is 1.29. The Hall–Kier alpha value is -1.60. The monoisotopic (exact) mass is 296 g/mol. The lowest BCUT2D eigenvalue weighted by atomic mass is 9.95. The molecule has 6 nitrogen and oxygen atoms in total. The topological polar surface area (TPSA) is 103 Å². The Bertz CT molecular complexity index is 555. The molecule has 1 atom stereocenters. The van der Waals surface area contributed by atoms with E-state index in [2.05, 4.69) is 9.12 Å². The van der Waals surface area contributed by atoms with Crippen LogP contribution < -0.4 is 20.9 Å². The lowest BCUT2D eigenvalue weighted by molar-refractivity contribution is 0.207. The summed E-state index contributed by atoms with van der Waals surface area (Å²) in [4.78, 5) is 0. The number of benzene rings is 1. The maximum Gasteiger partial charge on any atom is 0.245 e. The smallest absolute Gasteiger partial charge is 0.245 e. The number of ether oxygens (including phenoxy) is 1. The minimum absolute atomic E-state index is 0.211. The van der Waals surface area contributed by atoms with Gasteiger partial charge in [0.1, 0.15) is 18.2 Å². The van der Waals surface area contributed by atoms with Gasteiger partial charge in [0.15, 0.2) is 0 Å². The van der Waals surface area contributed by atoms with Gasteiger partial charge in [-0.2, -0.15) is 4.40 Å². The second-order valence-corrected chi connectivity index (χ2v) is 5.75. The third-order valence-corrected chi connectivity index (χ3v) is 4.34. The maximum atomic E-state index is 11.4. The van der Waals surface area contributed by atoms with Gasteiger partial charge in [0.2, 0.25) is 11.2 Å². The fourth-order valence-electron chi connectivity index (χ4n) is 1.93. The van der Waals surface area contributed by atoms with E-state index in [0.29, 0.717) is 23.6 Å². The first-order chi connectivity index (χ1) is 9.49. The molecule has 0 aromatic heterocycles. The van der Waals surface area contributed by atoms with Crippen molar-refractivity contribution in [3.63, 3.8) is 0 Å². The molecule has 1 aromatic carbocycles. The number of hydrogen-bond acceptors (Lipinski definition) is 4. The highest BCUT2D eigenvalue weighted by Crippen LogP contribution is 2.30. The molecule has 0 aliphatic carbocycles. The minimum atomic E-state index is -1.53. The highest BCUT2D eigenvalue weighted by molar-refractivity contribution is 7.85. The van der Waals surface area contributed by atoms with Crippen LogP contribution in [0.5, 0.6) is 5.75 Å².